The van der Waals surface area contributed by atoms with Crippen molar-refractivity contribution in [2.45, 2.75) is 44.2 Å². The van der Waals surface area contributed by atoms with Crippen LogP contribution in [0.15, 0.2) is 12.7 Å². The maximum absolute atomic E-state index is 4.51. The third-order valence-electron chi connectivity index (χ3n) is 3.81. The van der Waals surface area contributed by atoms with Gasteiger partial charge in [-0.05, 0) is 38.5 Å². The molecule has 2 aliphatic rings. The molecule has 4 rings (SSSR count). The highest BCUT2D eigenvalue weighted by Gasteiger charge is 2.24. The van der Waals surface area contributed by atoms with E-state index in [1.54, 1.807) is 6.33 Å². The van der Waals surface area contributed by atoms with E-state index in [1.165, 1.54) is 25.7 Å². The number of hydrogen-bond acceptors (Lipinski definition) is 4. The lowest BCUT2D eigenvalue weighted by molar-refractivity contribution is 0.535. The molecular formula is C13H16N5. The molecule has 1 unspecified atom stereocenters. The van der Waals surface area contributed by atoms with Crippen molar-refractivity contribution in [3.05, 3.63) is 19.1 Å². The second kappa shape index (κ2) is 3.93. The van der Waals surface area contributed by atoms with Crippen LogP contribution in [0.25, 0.3) is 11.2 Å². The molecular weight excluding hydrogens is 226 g/mol. The number of fused-ring (bicyclic) bond motifs is 1. The maximum Gasteiger partial charge on any atom is 0.165 e. The third-order valence-corrected chi connectivity index (χ3v) is 3.81. The molecule has 2 saturated carbocycles. The lowest BCUT2D eigenvalue weighted by Gasteiger charge is -2.11. The van der Waals surface area contributed by atoms with Crippen LogP contribution >= 0.6 is 0 Å². The Morgan fingerprint density at radius 1 is 1.17 bits per heavy atom. The van der Waals surface area contributed by atoms with Gasteiger partial charge in [-0.25, -0.2) is 15.0 Å². The van der Waals surface area contributed by atoms with Crippen LogP contribution in [0.5, 0.6) is 0 Å². The highest BCUT2D eigenvalue weighted by Crippen LogP contribution is 2.32. The minimum atomic E-state index is 0.527. The number of hydrogen-bond donors (Lipinski definition) is 1. The normalized spacial score (nSPS) is 20.7. The molecule has 0 amide bonds. The van der Waals surface area contributed by atoms with Crippen LogP contribution in [-0.4, -0.2) is 25.6 Å². The van der Waals surface area contributed by atoms with Crippen molar-refractivity contribution in [1.29, 1.82) is 0 Å². The van der Waals surface area contributed by atoms with Crippen molar-refractivity contribution in [3.63, 3.8) is 0 Å². The van der Waals surface area contributed by atoms with E-state index in [0.717, 1.165) is 23.4 Å². The number of rotatable bonds is 3. The SMILES string of the molecule is [CH]1CCC(n2cnc3c(NC4CC4)ncnc32)C1. The molecule has 1 N–H and O–H groups in total. The van der Waals surface area contributed by atoms with Gasteiger partial charge in [0.2, 0.25) is 0 Å². The van der Waals surface area contributed by atoms with E-state index >= 15 is 0 Å². The van der Waals surface area contributed by atoms with Gasteiger partial charge in [0.15, 0.2) is 11.5 Å². The topological polar surface area (TPSA) is 55.6 Å². The summed E-state index contributed by atoms with van der Waals surface area (Å²) in [7, 11) is 0. The molecule has 0 aliphatic heterocycles. The highest BCUT2D eigenvalue weighted by atomic mass is 15.2. The highest BCUT2D eigenvalue weighted by molar-refractivity contribution is 5.83. The van der Waals surface area contributed by atoms with Crippen molar-refractivity contribution in [2.75, 3.05) is 5.32 Å². The van der Waals surface area contributed by atoms with Crippen LogP contribution in [0, 0.1) is 6.42 Å². The van der Waals surface area contributed by atoms with Gasteiger partial charge in [-0.3, -0.25) is 0 Å². The number of aromatic nitrogens is 4. The second-order valence-electron chi connectivity index (χ2n) is 5.22. The minimum absolute atomic E-state index is 0.527. The predicted octanol–water partition coefficient (Wildman–Crippen LogP) is 2.33. The second-order valence-corrected chi connectivity index (χ2v) is 5.22. The van der Waals surface area contributed by atoms with Gasteiger partial charge in [0, 0.05) is 12.1 Å². The van der Waals surface area contributed by atoms with E-state index in [1.807, 2.05) is 6.33 Å². The molecule has 1 atom stereocenters. The monoisotopic (exact) mass is 242 g/mol. The molecule has 18 heavy (non-hydrogen) atoms. The Bertz CT molecular complexity index is 566. The van der Waals surface area contributed by atoms with E-state index < -0.39 is 0 Å². The molecule has 0 bridgehead atoms. The Labute approximate surface area is 106 Å². The van der Waals surface area contributed by atoms with E-state index in [2.05, 4.69) is 31.3 Å². The largest absolute Gasteiger partial charge is 0.365 e. The quantitative estimate of drug-likeness (QED) is 0.897. The molecule has 2 aliphatic carbocycles. The first-order valence-corrected chi connectivity index (χ1v) is 6.67. The molecule has 2 fully saturated rings. The Morgan fingerprint density at radius 2 is 2.11 bits per heavy atom. The van der Waals surface area contributed by atoms with Crippen molar-refractivity contribution < 1.29 is 0 Å². The lowest BCUT2D eigenvalue weighted by Crippen LogP contribution is -2.06. The Kier molecular flexibility index (Phi) is 2.25. The zero-order valence-corrected chi connectivity index (χ0v) is 10.2. The molecule has 5 heteroatoms. The van der Waals surface area contributed by atoms with Crippen LogP contribution in [0.4, 0.5) is 5.82 Å². The standard InChI is InChI=1S/C13H16N5/c1-2-4-10(3-1)18-8-16-11-12(17-9-5-6-9)14-7-15-13(11)18/h1,7-10H,2-6H2,(H,14,15,17). The molecule has 2 heterocycles. The van der Waals surface area contributed by atoms with Crippen LogP contribution < -0.4 is 5.32 Å². The van der Waals surface area contributed by atoms with E-state index in [9.17, 15) is 0 Å². The molecule has 0 spiro atoms. The first-order valence-electron chi connectivity index (χ1n) is 6.67. The van der Waals surface area contributed by atoms with Gasteiger partial charge in [0.05, 0.1) is 6.33 Å². The first kappa shape index (κ1) is 10.3. The summed E-state index contributed by atoms with van der Waals surface area (Å²) in [5.74, 6) is 0.892. The van der Waals surface area contributed by atoms with Gasteiger partial charge >= 0.3 is 0 Å². The number of anilines is 1. The van der Waals surface area contributed by atoms with Crippen molar-refractivity contribution in [1.82, 2.24) is 19.5 Å². The summed E-state index contributed by atoms with van der Waals surface area (Å²) in [5, 5.41) is 3.43. The van der Waals surface area contributed by atoms with Gasteiger partial charge in [0.25, 0.3) is 0 Å². The van der Waals surface area contributed by atoms with Crippen LogP contribution in [0.1, 0.15) is 38.1 Å². The van der Waals surface area contributed by atoms with Gasteiger partial charge < -0.3 is 9.88 Å². The number of nitrogens with one attached hydrogen (secondary N) is 1. The van der Waals surface area contributed by atoms with Gasteiger partial charge in [-0.1, -0.05) is 0 Å². The molecule has 5 nitrogen and oxygen atoms in total. The summed E-state index contributed by atoms with van der Waals surface area (Å²) in [4.78, 5) is 13.2. The lowest BCUT2D eigenvalue weighted by atomic mass is 10.2. The Hall–Kier alpha value is -1.65. The maximum atomic E-state index is 4.51. The molecule has 0 aromatic carbocycles. The zero-order valence-electron chi connectivity index (χ0n) is 10.2. The first-order chi connectivity index (χ1) is 8.92. The van der Waals surface area contributed by atoms with E-state index in [-0.39, 0.29) is 0 Å². The number of nitrogens with zero attached hydrogens (tertiary/aromatic N) is 4. The smallest absolute Gasteiger partial charge is 0.165 e. The van der Waals surface area contributed by atoms with Gasteiger partial charge in [-0.15, -0.1) is 0 Å². The third kappa shape index (κ3) is 1.65. The zero-order chi connectivity index (χ0) is 11.9. The average Bonchev–Trinajstić information content (AvgIpc) is 2.91. The van der Waals surface area contributed by atoms with E-state index in [4.69, 9.17) is 0 Å². The minimum Gasteiger partial charge on any atom is -0.365 e. The molecule has 2 aromatic rings. The fraction of sp³-hybridized carbons (Fsp3) is 0.538. The summed E-state index contributed by atoms with van der Waals surface area (Å²) >= 11 is 0. The summed E-state index contributed by atoms with van der Waals surface area (Å²) in [6.07, 6.45) is 11.9. The summed E-state index contributed by atoms with van der Waals surface area (Å²) < 4.78 is 2.21. The number of imidazole rings is 1. The van der Waals surface area contributed by atoms with Crippen LogP contribution in [-0.2, 0) is 0 Å². The molecule has 1 radical (unpaired) electrons. The van der Waals surface area contributed by atoms with Crippen LogP contribution in [0.2, 0.25) is 0 Å². The fourth-order valence-corrected chi connectivity index (χ4v) is 2.64. The Morgan fingerprint density at radius 3 is 2.89 bits per heavy atom. The van der Waals surface area contributed by atoms with Gasteiger partial charge in [0.1, 0.15) is 11.8 Å². The summed E-state index contributed by atoms with van der Waals surface area (Å²) in [5.41, 5.74) is 1.88. The average molecular weight is 242 g/mol. The van der Waals surface area contributed by atoms with Crippen molar-refractivity contribution in [2.24, 2.45) is 0 Å². The summed E-state index contributed by atoms with van der Waals surface area (Å²) in [6.45, 7) is 0. The molecule has 2 aromatic heterocycles. The van der Waals surface area contributed by atoms with Crippen LogP contribution in [0.3, 0.4) is 0 Å². The van der Waals surface area contributed by atoms with Crippen molar-refractivity contribution >= 4 is 17.0 Å². The molecule has 93 valence electrons. The summed E-state index contributed by atoms with van der Waals surface area (Å²) in [6, 6.07) is 1.12. The van der Waals surface area contributed by atoms with E-state index in [0.29, 0.717) is 12.1 Å². The molecule has 0 saturated heterocycles. The Balaban J connectivity index is 1.76. The van der Waals surface area contributed by atoms with Gasteiger partial charge in [-0.2, -0.15) is 0 Å². The predicted molar refractivity (Wildman–Crippen MR) is 69.2 cm³/mol. The fourth-order valence-electron chi connectivity index (χ4n) is 2.64. The van der Waals surface area contributed by atoms with Crippen molar-refractivity contribution in [3.8, 4) is 0 Å².